The van der Waals surface area contributed by atoms with Crippen molar-refractivity contribution in [2.24, 2.45) is 0 Å². The monoisotopic (exact) mass is 386 g/mol. The van der Waals surface area contributed by atoms with Gasteiger partial charge in [0.2, 0.25) is 0 Å². The Kier molecular flexibility index (Phi) is 5.91. The highest BCUT2D eigenvalue weighted by atomic mass is 35.5. The second-order valence-corrected chi connectivity index (χ2v) is 7.42. The Morgan fingerprint density at radius 1 is 1.23 bits per heavy atom. The fraction of sp³-hybridized carbons (Fsp3) is 0.200. The number of ether oxygens (including phenoxy) is 1. The Bertz CT molecular complexity index is 924. The third-order valence-electron chi connectivity index (χ3n) is 3.68. The van der Waals surface area contributed by atoms with Crippen LogP contribution in [-0.4, -0.2) is 17.6 Å². The van der Waals surface area contributed by atoms with Crippen molar-refractivity contribution in [1.82, 2.24) is 4.98 Å². The maximum absolute atomic E-state index is 12.0. The van der Waals surface area contributed by atoms with Gasteiger partial charge in [-0.25, -0.2) is 9.78 Å². The van der Waals surface area contributed by atoms with Gasteiger partial charge in [0.1, 0.15) is 0 Å². The summed E-state index contributed by atoms with van der Waals surface area (Å²) in [6, 6.07) is 14.9. The van der Waals surface area contributed by atoms with Gasteiger partial charge in [0.05, 0.1) is 17.9 Å². The maximum Gasteiger partial charge on any atom is 0.338 e. The summed E-state index contributed by atoms with van der Waals surface area (Å²) in [6.45, 7) is 4.41. The van der Waals surface area contributed by atoms with Crippen LogP contribution in [-0.2, 0) is 4.74 Å². The number of hydrogen-bond acceptors (Lipinski definition) is 5. The van der Waals surface area contributed by atoms with Gasteiger partial charge in [0.25, 0.3) is 0 Å². The summed E-state index contributed by atoms with van der Waals surface area (Å²) in [6.07, 6.45) is 0.800. The van der Waals surface area contributed by atoms with Gasteiger partial charge in [-0.2, -0.15) is 0 Å². The summed E-state index contributed by atoms with van der Waals surface area (Å²) in [5.74, 6) is -0.314. The molecule has 0 saturated carbocycles. The largest absolute Gasteiger partial charge is 0.462 e. The number of anilines is 2. The van der Waals surface area contributed by atoms with Gasteiger partial charge in [0, 0.05) is 21.2 Å². The van der Waals surface area contributed by atoms with Crippen molar-refractivity contribution in [2.45, 2.75) is 20.3 Å². The number of esters is 1. The third kappa shape index (κ3) is 4.42. The molecule has 2 aromatic carbocycles. The first-order valence-electron chi connectivity index (χ1n) is 8.34. The lowest BCUT2D eigenvalue weighted by molar-refractivity contribution is 0.0505. The highest BCUT2D eigenvalue weighted by Gasteiger charge is 2.12. The minimum absolute atomic E-state index is 0.314. The first-order valence-corrected chi connectivity index (χ1v) is 9.54. The van der Waals surface area contributed by atoms with Gasteiger partial charge < -0.3 is 10.1 Å². The van der Waals surface area contributed by atoms with Crippen molar-refractivity contribution in [3.63, 3.8) is 0 Å². The zero-order chi connectivity index (χ0) is 18.5. The predicted molar refractivity (Wildman–Crippen MR) is 108 cm³/mol. The minimum atomic E-state index is -0.314. The summed E-state index contributed by atoms with van der Waals surface area (Å²) in [5.41, 5.74) is 3.20. The quantitative estimate of drug-likeness (QED) is 0.521. The van der Waals surface area contributed by atoms with Crippen LogP contribution in [0.3, 0.4) is 0 Å². The molecule has 0 fully saturated rings. The molecule has 6 heteroatoms. The molecule has 0 radical (unpaired) electrons. The van der Waals surface area contributed by atoms with E-state index in [9.17, 15) is 4.79 Å². The number of benzene rings is 2. The summed E-state index contributed by atoms with van der Waals surface area (Å²) in [7, 11) is 0. The molecule has 0 saturated heterocycles. The van der Waals surface area contributed by atoms with Crippen LogP contribution >= 0.6 is 22.9 Å². The summed E-state index contributed by atoms with van der Waals surface area (Å²) in [4.78, 5) is 17.8. The first-order chi connectivity index (χ1) is 12.6. The van der Waals surface area contributed by atoms with Crippen LogP contribution in [0, 0.1) is 6.92 Å². The van der Waals surface area contributed by atoms with Crippen LogP contribution in [0.4, 0.5) is 10.8 Å². The first kappa shape index (κ1) is 18.4. The molecule has 3 rings (SSSR count). The average molecular weight is 387 g/mol. The molecule has 1 heterocycles. The molecule has 1 N–H and O–H groups in total. The molecule has 0 unspecified atom stereocenters. The van der Waals surface area contributed by atoms with Gasteiger partial charge in [0.15, 0.2) is 5.13 Å². The van der Waals surface area contributed by atoms with Crippen LogP contribution in [0.2, 0.25) is 5.02 Å². The lowest BCUT2D eigenvalue weighted by Gasteiger charge is -2.06. The molecular weight excluding hydrogens is 368 g/mol. The fourth-order valence-electron chi connectivity index (χ4n) is 2.48. The topological polar surface area (TPSA) is 51.2 Å². The predicted octanol–water partition coefficient (Wildman–Crippen LogP) is 6.08. The number of hydrogen-bond donors (Lipinski definition) is 1. The van der Waals surface area contributed by atoms with E-state index in [0.29, 0.717) is 17.2 Å². The van der Waals surface area contributed by atoms with Crippen LogP contribution in [0.25, 0.3) is 11.3 Å². The van der Waals surface area contributed by atoms with E-state index >= 15 is 0 Å². The lowest BCUT2D eigenvalue weighted by atomic mass is 10.1. The van der Waals surface area contributed by atoms with E-state index < -0.39 is 0 Å². The maximum atomic E-state index is 12.0. The van der Waals surface area contributed by atoms with Crippen LogP contribution in [0.5, 0.6) is 0 Å². The lowest BCUT2D eigenvalue weighted by Crippen LogP contribution is -2.06. The molecular formula is C20H19ClN2O2S. The molecule has 0 aliphatic rings. The Balaban J connectivity index is 1.80. The molecule has 0 aliphatic carbocycles. The SMILES string of the molecule is CCCOC(=O)c1cccc(Nc2nc(-c3cccc(Cl)c3)c(C)s2)c1. The number of aryl methyl sites for hydroxylation is 1. The Hall–Kier alpha value is -2.37. The number of halogens is 1. The normalized spacial score (nSPS) is 10.6. The summed E-state index contributed by atoms with van der Waals surface area (Å²) in [5, 5.41) is 4.71. The number of carbonyl (C=O) groups is 1. The van der Waals surface area contributed by atoms with E-state index in [1.807, 2.05) is 50.2 Å². The highest BCUT2D eigenvalue weighted by molar-refractivity contribution is 7.16. The molecule has 0 spiro atoms. The molecule has 0 aliphatic heterocycles. The van der Waals surface area contributed by atoms with Crippen molar-refractivity contribution in [3.05, 3.63) is 64.0 Å². The van der Waals surface area contributed by atoms with Gasteiger partial charge in [-0.15, -0.1) is 11.3 Å². The zero-order valence-corrected chi connectivity index (χ0v) is 16.2. The molecule has 4 nitrogen and oxygen atoms in total. The summed E-state index contributed by atoms with van der Waals surface area (Å²) < 4.78 is 5.18. The summed E-state index contributed by atoms with van der Waals surface area (Å²) >= 11 is 7.64. The molecule has 134 valence electrons. The van der Waals surface area contributed by atoms with Crippen molar-refractivity contribution in [1.29, 1.82) is 0 Å². The van der Waals surface area contributed by atoms with E-state index in [-0.39, 0.29) is 5.97 Å². The second-order valence-electron chi connectivity index (χ2n) is 5.78. The molecule has 0 amide bonds. The zero-order valence-electron chi connectivity index (χ0n) is 14.6. The van der Waals surface area contributed by atoms with E-state index in [4.69, 9.17) is 16.3 Å². The van der Waals surface area contributed by atoms with Gasteiger partial charge in [-0.05, 0) is 43.7 Å². The van der Waals surface area contributed by atoms with Crippen molar-refractivity contribution in [3.8, 4) is 11.3 Å². The second kappa shape index (κ2) is 8.34. The van der Waals surface area contributed by atoms with Crippen LogP contribution in [0.1, 0.15) is 28.6 Å². The Labute approximate surface area is 161 Å². The number of nitrogens with zero attached hydrogens (tertiary/aromatic N) is 1. The average Bonchev–Trinajstić information content (AvgIpc) is 3.00. The standard InChI is InChI=1S/C20H19ClN2O2S/c1-3-10-25-19(24)15-7-5-9-17(12-15)22-20-23-18(13(2)26-20)14-6-4-8-16(21)11-14/h4-9,11-12H,3,10H2,1-2H3,(H,22,23). The van der Waals surface area contributed by atoms with E-state index in [2.05, 4.69) is 10.3 Å². The number of nitrogens with one attached hydrogen (secondary N) is 1. The Morgan fingerprint density at radius 3 is 2.81 bits per heavy atom. The molecule has 0 bridgehead atoms. The van der Waals surface area contributed by atoms with Crippen molar-refractivity contribution < 1.29 is 9.53 Å². The minimum Gasteiger partial charge on any atom is -0.462 e. The number of rotatable bonds is 6. The van der Waals surface area contributed by atoms with Crippen molar-refractivity contribution in [2.75, 3.05) is 11.9 Å². The van der Waals surface area contributed by atoms with E-state index in [0.717, 1.165) is 33.4 Å². The van der Waals surface area contributed by atoms with Gasteiger partial charge >= 0.3 is 5.97 Å². The van der Waals surface area contributed by atoms with Gasteiger partial charge in [-0.3, -0.25) is 0 Å². The van der Waals surface area contributed by atoms with E-state index in [1.165, 1.54) is 0 Å². The number of carbonyl (C=O) groups excluding carboxylic acids is 1. The molecule has 1 aromatic heterocycles. The fourth-order valence-corrected chi connectivity index (χ4v) is 3.53. The molecule has 26 heavy (non-hydrogen) atoms. The molecule has 0 atom stereocenters. The molecule has 3 aromatic rings. The van der Waals surface area contributed by atoms with Crippen LogP contribution in [0.15, 0.2) is 48.5 Å². The van der Waals surface area contributed by atoms with Crippen molar-refractivity contribution >= 4 is 39.7 Å². The third-order valence-corrected chi connectivity index (χ3v) is 4.80. The van der Waals surface area contributed by atoms with E-state index in [1.54, 1.807) is 23.5 Å². The Morgan fingerprint density at radius 2 is 2.04 bits per heavy atom. The van der Waals surface area contributed by atoms with Gasteiger partial charge in [-0.1, -0.05) is 36.7 Å². The number of aromatic nitrogens is 1. The smallest absolute Gasteiger partial charge is 0.338 e. The number of thiazole rings is 1. The van der Waals surface area contributed by atoms with Crippen LogP contribution < -0.4 is 5.32 Å². The highest BCUT2D eigenvalue weighted by Crippen LogP contribution is 2.33.